The number of hydrogen-bond donors (Lipinski definition) is 8. The second-order valence-corrected chi connectivity index (χ2v) is 7.23. The van der Waals surface area contributed by atoms with Gasteiger partial charge in [-0.1, -0.05) is 0 Å². The summed E-state index contributed by atoms with van der Waals surface area (Å²) in [5.74, 6) is -9.03. The summed E-state index contributed by atoms with van der Waals surface area (Å²) in [6.45, 7) is 0. The molecule has 8 N–H and O–H groups in total. The molecular weight excluding hydrogens is 460 g/mol. The minimum absolute atomic E-state index is 0.381. The zero-order valence-corrected chi connectivity index (χ0v) is 16.9. The molecule has 180 valence electrons. The van der Waals surface area contributed by atoms with Crippen LogP contribution in [0.3, 0.4) is 0 Å². The van der Waals surface area contributed by atoms with Crippen molar-refractivity contribution in [3.05, 3.63) is 47.0 Å². The number of aliphatic carboxylic acids is 1. The van der Waals surface area contributed by atoms with Crippen LogP contribution in [0.4, 0.5) is 0 Å². The third kappa shape index (κ3) is 4.73. The lowest BCUT2D eigenvalue weighted by molar-refractivity contribution is -0.134. The lowest BCUT2D eigenvalue weighted by atomic mass is 9.91. The normalized spacial score (nSPS) is 19.7. The minimum atomic E-state index is -1.77. The van der Waals surface area contributed by atoms with Gasteiger partial charge in [-0.3, -0.25) is 0 Å². The lowest BCUT2D eigenvalue weighted by Gasteiger charge is -2.32. The molecule has 0 unspecified atom stereocenters. The highest BCUT2D eigenvalue weighted by Crippen LogP contribution is 2.37. The van der Waals surface area contributed by atoms with Crippen molar-refractivity contribution in [1.82, 2.24) is 0 Å². The number of benzene rings is 2. The van der Waals surface area contributed by atoms with E-state index < -0.39 is 88.3 Å². The number of carbonyl (C=O) groups is 3. The molecule has 0 heterocycles. The second-order valence-electron chi connectivity index (χ2n) is 7.23. The van der Waals surface area contributed by atoms with Crippen LogP contribution in [0.2, 0.25) is 0 Å². The number of rotatable bonds is 5. The van der Waals surface area contributed by atoms with E-state index in [-0.39, 0.29) is 5.57 Å². The summed E-state index contributed by atoms with van der Waals surface area (Å²) in [6.07, 6.45) is -4.55. The van der Waals surface area contributed by atoms with Crippen molar-refractivity contribution in [1.29, 1.82) is 0 Å². The first-order chi connectivity index (χ1) is 15.9. The molecule has 0 aromatic heterocycles. The van der Waals surface area contributed by atoms with Crippen LogP contribution in [0, 0.1) is 0 Å². The summed E-state index contributed by atoms with van der Waals surface area (Å²) in [6, 6.07) is 3.05. The van der Waals surface area contributed by atoms with Gasteiger partial charge in [-0.15, -0.1) is 0 Å². The number of esters is 2. The van der Waals surface area contributed by atoms with Crippen molar-refractivity contribution in [3.63, 3.8) is 0 Å². The van der Waals surface area contributed by atoms with E-state index in [9.17, 15) is 55.2 Å². The van der Waals surface area contributed by atoms with E-state index >= 15 is 0 Å². The molecule has 34 heavy (non-hydrogen) atoms. The number of carboxylic acids is 1. The standard InChI is InChI=1S/C21H18O13/c22-10-1-8(2-11(23)16(10)26)20(31)33-14-5-7(19(29)30)6-15(18(14)28)34-21(32)9-3-12(24)17(27)13(25)4-9/h1-5,14-15,18,22-28H,6H2,(H,29,30)/t14-,15-,18-/m0/s1. The molecule has 0 amide bonds. The topological polar surface area (TPSA) is 232 Å². The van der Waals surface area contributed by atoms with E-state index in [2.05, 4.69) is 0 Å². The predicted octanol–water partition coefficient (Wildman–Crippen LogP) is 0.447. The van der Waals surface area contributed by atoms with Crippen molar-refractivity contribution < 1.29 is 64.7 Å². The summed E-state index contributed by atoms with van der Waals surface area (Å²) in [5.41, 5.74) is -1.26. The molecule has 0 spiro atoms. The highest BCUT2D eigenvalue weighted by atomic mass is 16.6. The number of aliphatic hydroxyl groups excluding tert-OH is 1. The van der Waals surface area contributed by atoms with Crippen LogP contribution >= 0.6 is 0 Å². The third-order valence-electron chi connectivity index (χ3n) is 4.89. The van der Waals surface area contributed by atoms with Crippen LogP contribution in [-0.2, 0) is 14.3 Å². The van der Waals surface area contributed by atoms with E-state index in [1.165, 1.54) is 0 Å². The Morgan fingerprint density at radius 1 is 0.735 bits per heavy atom. The van der Waals surface area contributed by atoms with Crippen LogP contribution in [-0.4, -0.2) is 77.1 Å². The number of carboxylic acid groups (broad SMARTS) is 1. The molecule has 1 aliphatic carbocycles. The lowest BCUT2D eigenvalue weighted by Crippen LogP contribution is -2.45. The SMILES string of the molecule is O=C(O)C1=C[C@H](OC(=O)c2cc(O)c(O)c(O)c2)[C@H](O)[C@@H](OC(=O)c2cc(O)c(O)c(O)c2)C1. The molecule has 0 saturated heterocycles. The van der Waals surface area contributed by atoms with E-state index in [1.54, 1.807) is 0 Å². The molecule has 1 aliphatic rings. The summed E-state index contributed by atoms with van der Waals surface area (Å²) < 4.78 is 10.1. The molecule has 3 rings (SSSR count). The van der Waals surface area contributed by atoms with Gasteiger partial charge in [-0.25, -0.2) is 14.4 Å². The molecule has 2 aromatic carbocycles. The van der Waals surface area contributed by atoms with Crippen LogP contribution < -0.4 is 0 Å². The molecule has 0 radical (unpaired) electrons. The second kappa shape index (κ2) is 9.07. The van der Waals surface area contributed by atoms with Gasteiger partial charge < -0.3 is 50.3 Å². The average Bonchev–Trinajstić information content (AvgIpc) is 2.77. The molecule has 0 bridgehead atoms. The predicted molar refractivity (Wildman–Crippen MR) is 108 cm³/mol. The molecule has 13 heteroatoms. The monoisotopic (exact) mass is 478 g/mol. The average molecular weight is 478 g/mol. The van der Waals surface area contributed by atoms with Gasteiger partial charge in [-0.2, -0.15) is 0 Å². The number of aliphatic hydroxyl groups is 1. The van der Waals surface area contributed by atoms with Gasteiger partial charge in [0.05, 0.1) is 11.1 Å². The zero-order valence-electron chi connectivity index (χ0n) is 16.9. The number of aromatic hydroxyl groups is 6. The van der Waals surface area contributed by atoms with Crippen LogP contribution in [0.25, 0.3) is 0 Å². The Kier molecular flexibility index (Phi) is 6.40. The Morgan fingerprint density at radius 2 is 1.15 bits per heavy atom. The maximum absolute atomic E-state index is 12.4. The Morgan fingerprint density at radius 3 is 1.56 bits per heavy atom. The smallest absolute Gasteiger partial charge is 0.339 e. The number of ether oxygens (including phenoxy) is 2. The van der Waals surface area contributed by atoms with Gasteiger partial charge in [0.15, 0.2) is 40.6 Å². The van der Waals surface area contributed by atoms with Gasteiger partial charge >= 0.3 is 17.9 Å². The maximum Gasteiger partial charge on any atom is 0.339 e. The number of phenols is 6. The summed E-state index contributed by atoms with van der Waals surface area (Å²) in [4.78, 5) is 36.3. The maximum atomic E-state index is 12.4. The van der Waals surface area contributed by atoms with Crippen molar-refractivity contribution in [2.75, 3.05) is 0 Å². The summed E-state index contributed by atoms with van der Waals surface area (Å²) >= 11 is 0. The van der Waals surface area contributed by atoms with Crippen molar-refractivity contribution in [3.8, 4) is 34.5 Å². The van der Waals surface area contributed by atoms with Crippen molar-refractivity contribution in [2.45, 2.75) is 24.7 Å². The fourth-order valence-electron chi connectivity index (χ4n) is 3.13. The number of carbonyl (C=O) groups excluding carboxylic acids is 2. The summed E-state index contributed by atoms with van der Waals surface area (Å²) in [7, 11) is 0. The van der Waals surface area contributed by atoms with Gasteiger partial charge in [0, 0.05) is 12.0 Å². The van der Waals surface area contributed by atoms with Crippen molar-refractivity contribution in [2.24, 2.45) is 0 Å². The molecule has 0 fully saturated rings. The number of phenolic OH excluding ortho intramolecular Hbond substituents is 6. The number of hydrogen-bond acceptors (Lipinski definition) is 12. The molecule has 2 aromatic rings. The van der Waals surface area contributed by atoms with E-state index in [1.807, 2.05) is 0 Å². The van der Waals surface area contributed by atoms with Gasteiger partial charge in [-0.05, 0) is 30.3 Å². The fraction of sp³-hybridized carbons (Fsp3) is 0.190. The third-order valence-corrected chi connectivity index (χ3v) is 4.89. The first-order valence-electron chi connectivity index (χ1n) is 9.43. The Bertz CT molecular complexity index is 1150. The molecule has 0 aliphatic heterocycles. The van der Waals surface area contributed by atoms with Crippen LogP contribution in [0.1, 0.15) is 27.1 Å². The summed E-state index contributed by atoms with van der Waals surface area (Å²) in [5, 5.41) is 76.8. The molecule has 3 atom stereocenters. The van der Waals surface area contributed by atoms with Crippen LogP contribution in [0.15, 0.2) is 35.9 Å². The molecule has 13 nitrogen and oxygen atoms in total. The molecule has 0 saturated carbocycles. The van der Waals surface area contributed by atoms with Gasteiger partial charge in [0.2, 0.25) is 0 Å². The first kappa shape index (κ1) is 24.0. The van der Waals surface area contributed by atoms with E-state index in [0.717, 1.165) is 30.3 Å². The van der Waals surface area contributed by atoms with E-state index in [0.29, 0.717) is 0 Å². The van der Waals surface area contributed by atoms with Crippen molar-refractivity contribution >= 4 is 17.9 Å². The Hall–Kier alpha value is -4.65. The largest absolute Gasteiger partial charge is 0.504 e. The highest BCUT2D eigenvalue weighted by Gasteiger charge is 2.39. The van der Waals surface area contributed by atoms with Crippen LogP contribution in [0.5, 0.6) is 34.5 Å². The minimum Gasteiger partial charge on any atom is -0.504 e. The Balaban J connectivity index is 1.84. The first-order valence-corrected chi connectivity index (χ1v) is 9.43. The molecular formula is C21H18O13. The Labute approximate surface area is 189 Å². The highest BCUT2D eigenvalue weighted by molar-refractivity contribution is 5.93. The van der Waals surface area contributed by atoms with Gasteiger partial charge in [0.25, 0.3) is 0 Å². The quantitative estimate of drug-likeness (QED) is 0.216. The van der Waals surface area contributed by atoms with Gasteiger partial charge in [0.1, 0.15) is 12.2 Å². The van der Waals surface area contributed by atoms with E-state index in [4.69, 9.17) is 9.47 Å². The zero-order chi connectivity index (χ0) is 25.3. The fourth-order valence-corrected chi connectivity index (χ4v) is 3.13.